The minimum absolute atomic E-state index is 0.570. The van der Waals surface area contributed by atoms with Gasteiger partial charge in [0, 0.05) is 6.42 Å². The first-order chi connectivity index (χ1) is 6.86. The fraction of sp³-hybridized carbons (Fsp3) is 0.462. The molecule has 0 heterocycles. The predicted octanol–water partition coefficient (Wildman–Crippen LogP) is 3.56. The molecule has 0 aliphatic heterocycles. The largest absolute Gasteiger partial charge is 0.198 e. The molecule has 1 rings (SSSR count). The zero-order valence-electron chi connectivity index (χ0n) is 8.74. The summed E-state index contributed by atoms with van der Waals surface area (Å²) in [6.45, 7) is 2.16. The summed E-state index contributed by atoms with van der Waals surface area (Å²) in [6, 6.07) is 12.7. The lowest BCUT2D eigenvalue weighted by molar-refractivity contribution is 0.481. The highest BCUT2D eigenvalue weighted by molar-refractivity contribution is 5.14. The van der Waals surface area contributed by atoms with Gasteiger partial charge in [0.05, 0.1) is 6.07 Å². The molecule has 1 heteroatoms. The molecule has 0 saturated heterocycles. The molecule has 1 aromatic rings. The molecular weight excluding hydrogens is 170 g/mol. The van der Waals surface area contributed by atoms with Crippen molar-refractivity contribution in [1.82, 2.24) is 0 Å². The maximum absolute atomic E-state index is 8.61. The molecule has 0 bridgehead atoms. The van der Waals surface area contributed by atoms with Gasteiger partial charge in [0.2, 0.25) is 0 Å². The lowest BCUT2D eigenvalue weighted by Crippen LogP contribution is -1.99. The minimum atomic E-state index is 0.570. The van der Waals surface area contributed by atoms with Gasteiger partial charge in [0.15, 0.2) is 0 Å². The van der Waals surface area contributed by atoms with Crippen molar-refractivity contribution in [3.63, 3.8) is 0 Å². The van der Waals surface area contributed by atoms with E-state index in [9.17, 15) is 0 Å². The Balaban J connectivity index is 2.36. The Bertz CT molecular complexity index is 284. The number of hydrogen-bond acceptors (Lipinski definition) is 1. The number of benzene rings is 1. The third-order valence-electron chi connectivity index (χ3n) is 2.64. The Morgan fingerprint density at radius 1 is 1.29 bits per heavy atom. The zero-order chi connectivity index (χ0) is 10.2. The molecule has 0 aromatic heterocycles. The molecule has 1 atom stereocenters. The Morgan fingerprint density at radius 2 is 2.00 bits per heavy atom. The van der Waals surface area contributed by atoms with Crippen LogP contribution in [0.15, 0.2) is 30.3 Å². The van der Waals surface area contributed by atoms with Crippen molar-refractivity contribution in [2.75, 3.05) is 0 Å². The van der Waals surface area contributed by atoms with Crippen molar-refractivity contribution in [3.8, 4) is 6.07 Å². The average Bonchev–Trinajstić information content (AvgIpc) is 2.25. The van der Waals surface area contributed by atoms with Crippen LogP contribution in [-0.4, -0.2) is 0 Å². The van der Waals surface area contributed by atoms with Crippen LogP contribution in [0.2, 0.25) is 0 Å². The number of hydrogen-bond donors (Lipinski definition) is 0. The van der Waals surface area contributed by atoms with Crippen LogP contribution >= 0.6 is 0 Å². The standard InChI is InChI=1S/C13H17N/c1-2-12(10-11-14)8-9-13-6-4-3-5-7-13/h3-7,12H,2,8-10H2,1H3. The Kier molecular flexibility index (Phi) is 4.78. The lowest BCUT2D eigenvalue weighted by atomic mass is 9.95. The highest BCUT2D eigenvalue weighted by Gasteiger charge is 2.05. The van der Waals surface area contributed by atoms with Gasteiger partial charge in [-0.05, 0) is 24.3 Å². The van der Waals surface area contributed by atoms with Gasteiger partial charge in [-0.15, -0.1) is 0 Å². The van der Waals surface area contributed by atoms with Crippen LogP contribution in [0.3, 0.4) is 0 Å². The van der Waals surface area contributed by atoms with Crippen LogP contribution in [0, 0.1) is 17.2 Å². The molecule has 0 spiro atoms. The average molecular weight is 187 g/mol. The van der Waals surface area contributed by atoms with Crippen molar-refractivity contribution in [3.05, 3.63) is 35.9 Å². The molecule has 0 radical (unpaired) electrons. The Hall–Kier alpha value is -1.29. The highest BCUT2D eigenvalue weighted by atomic mass is 14.2. The van der Waals surface area contributed by atoms with E-state index in [2.05, 4.69) is 37.3 Å². The second kappa shape index (κ2) is 6.21. The molecule has 0 fully saturated rings. The normalized spacial score (nSPS) is 12.0. The fourth-order valence-corrected chi connectivity index (χ4v) is 1.60. The van der Waals surface area contributed by atoms with Crippen molar-refractivity contribution in [2.24, 2.45) is 5.92 Å². The predicted molar refractivity (Wildman–Crippen MR) is 58.8 cm³/mol. The Labute approximate surface area is 86.4 Å². The van der Waals surface area contributed by atoms with E-state index in [0.717, 1.165) is 19.3 Å². The molecule has 1 aromatic carbocycles. The molecule has 14 heavy (non-hydrogen) atoms. The van der Waals surface area contributed by atoms with E-state index in [-0.39, 0.29) is 0 Å². The van der Waals surface area contributed by atoms with E-state index in [1.807, 2.05) is 6.07 Å². The summed E-state index contributed by atoms with van der Waals surface area (Å²) in [4.78, 5) is 0. The van der Waals surface area contributed by atoms with Crippen LogP contribution in [0.5, 0.6) is 0 Å². The summed E-state index contributed by atoms with van der Waals surface area (Å²) < 4.78 is 0. The van der Waals surface area contributed by atoms with Gasteiger partial charge >= 0.3 is 0 Å². The van der Waals surface area contributed by atoms with Gasteiger partial charge in [-0.25, -0.2) is 0 Å². The minimum Gasteiger partial charge on any atom is -0.198 e. The quantitative estimate of drug-likeness (QED) is 0.691. The van der Waals surface area contributed by atoms with E-state index < -0.39 is 0 Å². The lowest BCUT2D eigenvalue weighted by Gasteiger charge is -2.09. The summed E-state index contributed by atoms with van der Waals surface area (Å²) >= 11 is 0. The number of aryl methyl sites for hydroxylation is 1. The Morgan fingerprint density at radius 3 is 2.57 bits per heavy atom. The molecule has 1 unspecified atom stereocenters. The van der Waals surface area contributed by atoms with Gasteiger partial charge < -0.3 is 0 Å². The summed E-state index contributed by atoms with van der Waals surface area (Å²) in [5.74, 6) is 0.570. The molecule has 0 aliphatic rings. The van der Waals surface area contributed by atoms with Crippen molar-refractivity contribution in [1.29, 1.82) is 5.26 Å². The second-order valence-electron chi connectivity index (χ2n) is 3.66. The van der Waals surface area contributed by atoms with E-state index in [0.29, 0.717) is 12.3 Å². The summed E-state index contributed by atoms with van der Waals surface area (Å²) in [5, 5.41) is 8.61. The fourth-order valence-electron chi connectivity index (χ4n) is 1.60. The van der Waals surface area contributed by atoms with Gasteiger partial charge in [-0.3, -0.25) is 0 Å². The van der Waals surface area contributed by atoms with Gasteiger partial charge in [-0.1, -0.05) is 43.7 Å². The maximum Gasteiger partial charge on any atom is 0.0624 e. The molecule has 0 amide bonds. The van der Waals surface area contributed by atoms with E-state index in [1.165, 1.54) is 5.56 Å². The molecule has 0 saturated carbocycles. The molecule has 1 nitrogen and oxygen atoms in total. The van der Waals surface area contributed by atoms with Crippen molar-refractivity contribution >= 4 is 0 Å². The van der Waals surface area contributed by atoms with Crippen molar-refractivity contribution < 1.29 is 0 Å². The van der Waals surface area contributed by atoms with Crippen LogP contribution in [0.1, 0.15) is 31.7 Å². The summed E-state index contributed by atoms with van der Waals surface area (Å²) in [7, 11) is 0. The zero-order valence-corrected chi connectivity index (χ0v) is 8.74. The molecule has 0 aliphatic carbocycles. The monoisotopic (exact) mass is 187 g/mol. The van der Waals surface area contributed by atoms with Gasteiger partial charge in [0.25, 0.3) is 0 Å². The van der Waals surface area contributed by atoms with Gasteiger partial charge in [0.1, 0.15) is 0 Å². The van der Waals surface area contributed by atoms with E-state index >= 15 is 0 Å². The first-order valence-corrected chi connectivity index (χ1v) is 5.27. The third-order valence-corrected chi connectivity index (χ3v) is 2.64. The number of nitrogens with zero attached hydrogens (tertiary/aromatic N) is 1. The topological polar surface area (TPSA) is 23.8 Å². The summed E-state index contributed by atoms with van der Waals surface area (Å²) in [5.41, 5.74) is 1.38. The van der Waals surface area contributed by atoms with Crippen LogP contribution in [-0.2, 0) is 6.42 Å². The van der Waals surface area contributed by atoms with E-state index in [1.54, 1.807) is 0 Å². The number of rotatable bonds is 5. The van der Waals surface area contributed by atoms with Crippen LogP contribution < -0.4 is 0 Å². The first-order valence-electron chi connectivity index (χ1n) is 5.27. The number of nitriles is 1. The SMILES string of the molecule is CCC(CC#N)CCc1ccccc1. The smallest absolute Gasteiger partial charge is 0.0624 e. The van der Waals surface area contributed by atoms with E-state index in [4.69, 9.17) is 5.26 Å². The van der Waals surface area contributed by atoms with Crippen LogP contribution in [0.25, 0.3) is 0 Å². The third kappa shape index (κ3) is 3.62. The summed E-state index contributed by atoms with van der Waals surface area (Å²) in [6.07, 6.45) is 4.04. The molecule has 0 N–H and O–H groups in total. The maximum atomic E-state index is 8.61. The highest BCUT2D eigenvalue weighted by Crippen LogP contribution is 2.15. The molecule has 74 valence electrons. The van der Waals surface area contributed by atoms with Crippen LogP contribution in [0.4, 0.5) is 0 Å². The first kappa shape index (κ1) is 10.8. The van der Waals surface area contributed by atoms with Crippen molar-refractivity contribution in [2.45, 2.75) is 32.6 Å². The second-order valence-corrected chi connectivity index (χ2v) is 3.66. The van der Waals surface area contributed by atoms with Gasteiger partial charge in [-0.2, -0.15) is 5.26 Å². The molecular formula is C13H17N.